The number of hydrogen-bond donors (Lipinski definition) is 0. The van der Waals surface area contributed by atoms with E-state index in [-0.39, 0.29) is 5.43 Å². The first-order valence-electron chi connectivity index (χ1n) is 8.00. The van der Waals surface area contributed by atoms with Gasteiger partial charge in [0.15, 0.2) is 11.2 Å². The minimum atomic E-state index is -0.181. The molecule has 2 aromatic rings. The second-order valence-electron chi connectivity index (χ2n) is 5.89. The highest BCUT2D eigenvalue weighted by Crippen LogP contribution is 2.29. The van der Waals surface area contributed by atoms with Crippen molar-refractivity contribution < 1.29 is 13.9 Å². The molecule has 0 spiro atoms. The van der Waals surface area contributed by atoms with Crippen LogP contribution < -0.4 is 5.43 Å². The van der Waals surface area contributed by atoms with Gasteiger partial charge in [-0.25, -0.2) is 0 Å². The smallest absolute Gasteiger partial charge is 0.204 e. The molecule has 25 heavy (non-hydrogen) atoms. The summed E-state index contributed by atoms with van der Waals surface area (Å²) in [6, 6.07) is 6.33. The molecule has 2 aliphatic rings. The van der Waals surface area contributed by atoms with Gasteiger partial charge >= 0.3 is 0 Å². The lowest BCUT2D eigenvalue weighted by Crippen LogP contribution is -2.06. The standard InChI is InChI=1S/C20H15ClO4/c21-14-6-7-18-16(9-14)17(22)10-19(25-18)20-12-23-11-15(24-20)8-13-4-2-1-3-5-13/h1-2,4,6-7,9-12H,3,5,8H2. The molecule has 1 aromatic heterocycles. The highest BCUT2D eigenvalue weighted by atomic mass is 35.5. The molecule has 1 aliphatic heterocycles. The van der Waals surface area contributed by atoms with E-state index in [1.165, 1.54) is 17.9 Å². The van der Waals surface area contributed by atoms with E-state index in [4.69, 9.17) is 25.5 Å². The van der Waals surface area contributed by atoms with Gasteiger partial charge in [-0.05, 0) is 31.0 Å². The molecule has 5 heteroatoms. The molecule has 1 aliphatic carbocycles. The number of fused-ring (bicyclic) bond motifs is 1. The zero-order valence-corrected chi connectivity index (χ0v) is 14.1. The lowest BCUT2D eigenvalue weighted by atomic mass is 10.0. The Balaban J connectivity index is 1.60. The van der Waals surface area contributed by atoms with Crippen LogP contribution in [-0.2, 0) is 9.47 Å². The highest BCUT2D eigenvalue weighted by Gasteiger charge is 2.17. The van der Waals surface area contributed by atoms with Gasteiger partial charge in [0.1, 0.15) is 23.9 Å². The van der Waals surface area contributed by atoms with E-state index >= 15 is 0 Å². The van der Waals surface area contributed by atoms with Crippen LogP contribution in [0.15, 0.2) is 75.6 Å². The molecule has 126 valence electrons. The van der Waals surface area contributed by atoms with E-state index in [9.17, 15) is 4.79 Å². The summed E-state index contributed by atoms with van der Waals surface area (Å²) in [5.74, 6) is 1.37. The number of halogens is 1. The lowest BCUT2D eigenvalue weighted by Gasteiger charge is -2.18. The third-order valence-corrected chi connectivity index (χ3v) is 4.28. The summed E-state index contributed by atoms with van der Waals surface area (Å²) in [5.41, 5.74) is 1.54. The van der Waals surface area contributed by atoms with Gasteiger partial charge in [0.25, 0.3) is 0 Å². The Bertz CT molecular complexity index is 1010. The lowest BCUT2D eigenvalue weighted by molar-refractivity contribution is 0.266. The minimum absolute atomic E-state index is 0.181. The van der Waals surface area contributed by atoms with Gasteiger partial charge in [-0.2, -0.15) is 0 Å². The van der Waals surface area contributed by atoms with Gasteiger partial charge in [0.2, 0.25) is 5.76 Å². The Morgan fingerprint density at radius 3 is 2.92 bits per heavy atom. The van der Waals surface area contributed by atoms with Crippen LogP contribution in [0.4, 0.5) is 0 Å². The van der Waals surface area contributed by atoms with Crippen LogP contribution in [0.25, 0.3) is 16.7 Å². The molecular formula is C20H15ClO4. The zero-order chi connectivity index (χ0) is 17.2. The fourth-order valence-electron chi connectivity index (χ4n) is 2.82. The van der Waals surface area contributed by atoms with Crippen LogP contribution >= 0.6 is 11.6 Å². The van der Waals surface area contributed by atoms with Crippen molar-refractivity contribution >= 4 is 28.3 Å². The van der Waals surface area contributed by atoms with Crippen LogP contribution in [0.2, 0.25) is 5.02 Å². The maximum absolute atomic E-state index is 12.3. The van der Waals surface area contributed by atoms with Gasteiger partial charge in [-0.1, -0.05) is 35.4 Å². The SMILES string of the molecule is O=c1cc(C2=COC=C(CC3=CC=CCC3)O2)oc2ccc(Cl)cc12. The molecule has 4 nitrogen and oxygen atoms in total. The summed E-state index contributed by atoms with van der Waals surface area (Å²) in [6.45, 7) is 0. The van der Waals surface area contributed by atoms with Crippen molar-refractivity contribution in [2.75, 3.05) is 0 Å². The van der Waals surface area contributed by atoms with Gasteiger partial charge in [-0.15, -0.1) is 0 Å². The molecule has 0 unspecified atom stereocenters. The minimum Gasteiger partial charge on any atom is -0.465 e. The fourth-order valence-corrected chi connectivity index (χ4v) is 2.99. The molecule has 2 heterocycles. The van der Waals surface area contributed by atoms with Gasteiger partial charge < -0.3 is 13.9 Å². The molecular weight excluding hydrogens is 340 g/mol. The Hall–Kier alpha value is -2.72. The fraction of sp³-hybridized carbons (Fsp3) is 0.150. The van der Waals surface area contributed by atoms with E-state index in [1.807, 2.05) is 6.08 Å². The summed E-state index contributed by atoms with van der Waals surface area (Å²) in [6.07, 6.45) is 12.0. The van der Waals surface area contributed by atoms with Gasteiger partial charge in [-0.3, -0.25) is 4.79 Å². The van der Waals surface area contributed by atoms with Crippen LogP contribution in [0, 0.1) is 0 Å². The summed E-state index contributed by atoms with van der Waals surface area (Å²) >= 11 is 5.94. The van der Waals surface area contributed by atoms with E-state index in [0.717, 1.165) is 12.8 Å². The molecule has 0 saturated carbocycles. The monoisotopic (exact) mass is 354 g/mol. The van der Waals surface area contributed by atoms with E-state index in [0.29, 0.717) is 39.7 Å². The van der Waals surface area contributed by atoms with Gasteiger partial charge in [0, 0.05) is 17.5 Å². The molecule has 0 fully saturated rings. The van der Waals surface area contributed by atoms with Crippen molar-refractivity contribution in [1.82, 2.24) is 0 Å². The number of allylic oxidation sites excluding steroid dienone is 4. The van der Waals surface area contributed by atoms with Crippen LogP contribution in [0.1, 0.15) is 25.0 Å². The van der Waals surface area contributed by atoms with Gasteiger partial charge in [0.05, 0.1) is 5.39 Å². The molecule has 0 atom stereocenters. The molecule has 0 bridgehead atoms. The van der Waals surface area contributed by atoms with Crippen LogP contribution in [0.3, 0.4) is 0 Å². The summed E-state index contributed by atoms with van der Waals surface area (Å²) in [7, 11) is 0. The van der Waals surface area contributed by atoms with Crippen LogP contribution in [0.5, 0.6) is 0 Å². The first-order valence-corrected chi connectivity index (χ1v) is 8.38. The Morgan fingerprint density at radius 1 is 1.16 bits per heavy atom. The first-order chi connectivity index (χ1) is 12.2. The maximum atomic E-state index is 12.3. The van der Waals surface area contributed by atoms with Crippen molar-refractivity contribution in [3.05, 3.63) is 87.4 Å². The topological polar surface area (TPSA) is 48.7 Å². The zero-order valence-electron chi connectivity index (χ0n) is 13.3. The van der Waals surface area contributed by atoms with Crippen molar-refractivity contribution in [1.29, 1.82) is 0 Å². The van der Waals surface area contributed by atoms with E-state index < -0.39 is 0 Å². The predicted molar refractivity (Wildman–Crippen MR) is 96.8 cm³/mol. The number of hydrogen-bond acceptors (Lipinski definition) is 4. The molecule has 0 N–H and O–H groups in total. The number of rotatable bonds is 3. The van der Waals surface area contributed by atoms with Crippen LogP contribution in [-0.4, -0.2) is 0 Å². The number of benzene rings is 1. The highest BCUT2D eigenvalue weighted by molar-refractivity contribution is 6.31. The molecule has 0 saturated heterocycles. The normalized spacial score (nSPS) is 16.6. The predicted octanol–water partition coefficient (Wildman–Crippen LogP) is 5.30. The summed E-state index contributed by atoms with van der Waals surface area (Å²) in [4.78, 5) is 12.3. The van der Waals surface area contributed by atoms with Crippen molar-refractivity contribution in [2.45, 2.75) is 19.3 Å². The Morgan fingerprint density at radius 2 is 2.08 bits per heavy atom. The van der Waals surface area contributed by atoms with Crippen molar-refractivity contribution in [3.63, 3.8) is 0 Å². The van der Waals surface area contributed by atoms with Crippen molar-refractivity contribution in [2.24, 2.45) is 0 Å². The molecule has 0 radical (unpaired) electrons. The average Bonchev–Trinajstić information content (AvgIpc) is 2.63. The average molecular weight is 355 g/mol. The maximum Gasteiger partial charge on any atom is 0.204 e. The number of ether oxygens (including phenoxy) is 2. The molecule has 1 aromatic carbocycles. The largest absolute Gasteiger partial charge is 0.465 e. The third-order valence-electron chi connectivity index (χ3n) is 4.05. The summed E-state index contributed by atoms with van der Waals surface area (Å²) < 4.78 is 17.1. The molecule has 4 rings (SSSR count). The van der Waals surface area contributed by atoms with E-state index in [2.05, 4.69) is 12.2 Å². The third kappa shape index (κ3) is 3.39. The quantitative estimate of drug-likeness (QED) is 0.750. The summed E-state index contributed by atoms with van der Waals surface area (Å²) in [5, 5.41) is 0.924. The second kappa shape index (κ2) is 6.65. The molecule has 0 amide bonds. The second-order valence-corrected chi connectivity index (χ2v) is 6.32. The van der Waals surface area contributed by atoms with E-state index in [1.54, 1.807) is 24.5 Å². The Kier molecular flexibility index (Phi) is 4.20. The first kappa shape index (κ1) is 15.8. The Labute approximate surface area is 149 Å². The van der Waals surface area contributed by atoms with Crippen molar-refractivity contribution in [3.8, 4) is 0 Å².